The molecule has 0 bridgehead atoms. The van der Waals surface area contributed by atoms with Crippen LogP contribution < -0.4 is 18.9 Å². The van der Waals surface area contributed by atoms with Gasteiger partial charge in [-0.2, -0.15) is 20.8 Å². The zero-order valence-corrected chi connectivity index (χ0v) is 10.5. The molecule has 0 saturated heterocycles. The van der Waals surface area contributed by atoms with E-state index < -0.39 is 5.97 Å². The minimum absolute atomic E-state index is 0. The molecular formula is C10H21LiO3. The van der Waals surface area contributed by atoms with Gasteiger partial charge in [0.05, 0.1) is 5.60 Å². The maximum atomic E-state index is 9.92. The summed E-state index contributed by atoms with van der Waals surface area (Å²) in [6, 6.07) is 0. The van der Waals surface area contributed by atoms with Crippen LogP contribution in [0.2, 0.25) is 0 Å². The number of hydrogen-bond donors (Lipinski definition) is 1. The molecule has 80 valence electrons. The van der Waals surface area contributed by atoms with Crippen molar-refractivity contribution in [2.24, 2.45) is 0 Å². The van der Waals surface area contributed by atoms with Crippen LogP contribution in [0.25, 0.3) is 0 Å². The van der Waals surface area contributed by atoms with Gasteiger partial charge < -0.3 is 15.8 Å². The van der Waals surface area contributed by atoms with Crippen molar-refractivity contribution < 1.29 is 33.5 Å². The largest absolute Gasteiger partial charge is 1.00 e. The van der Waals surface area contributed by atoms with E-state index in [1.54, 1.807) is 0 Å². The molecule has 4 heteroatoms. The SMILES string of the molecule is CC(C)(C)OCC(=O)O.C[C-](C)C.[Li+]. The molecule has 0 spiro atoms. The minimum atomic E-state index is -0.926. The number of aliphatic carboxylic acids is 1. The van der Waals surface area contributed by atoms with Crippen LogP contribution >= 0.6 is 0 Å². The number of ether oxygens (including phenoxy) is 1. The first-order chi connectivity index (χ1) is 5.65. The first kappa shape index (κ1) is 19.6. The Hall–Kier alpha value is 0.0274. The number of carboxylic acids is 1. The molecule has 0 atom stereocenters. The second-order valence-corrected chi connectivity index (χ2v) is 4.29. The van der Waals surface area contributed by atoms with Gasteiger partial charge in [0.15, 0.2) is 0 Å². The van der Waals surface area contributed by atoms with Gasteiger partial charge in [0, 0.05) is 0 Å². The van der Waals surface area contributed by atoms with Crippen molar-refractivity contribution in [3.63, 3.8) is 0 Å². The maximum Gasteiger partial charge on any atom is 1.00 e. The van der Waals surface area contributed by atoms with Crippen LogP contribution in [0.3, 0.4) is 0 Å². The molecule has 0 rings (SSSR count). The van der Waals surface area contributed by atoms with Gasteiger partial charge in [0.2, 0.25) is 0 Å². The molecule has 0 unspecified atom stereocenters. The molecule has 0 amide bonds. The molecule has 0 fully saturated rings. The van der Waals surface area contributed by atoms with E-state index in [2.05, 4.69) is 20.8 Å². The summed E-state index contributed by atoms with van der Waals surface area (Å²) in [5.41, 5.74) is -0.349. The molecule has 0 aromatic heterocycles. The average Bonchev–Trinajstić information content (AvgIpc) is 1.80. The average molecular weight is 196 g/mol. The van der Waals surface area contributed by atoms with Crippen molar-refractivity contribution in [3.8, 4) is 0 Å². The van der Waals surface area contributed by atoms with Crippen LogP contribution in [-0.4, -0.2) is 23.3 Å². The van der Waals surface area contributed by atoms with E-state index in [4.69, 9.17) is 9.84 Å². The Balaban J connectivity index is -0.000000209. The summed E-state index contributed by atoms with van der Waals surface area (Å²) in [6.07, 6.45) is 0. The van der Waals surface area contributed by atoms with Gasteiger partial charge in [0.25, 0.3) is 0 Å². The number of carbonyl (C=O) groups is 1. The molecule has 0 aliphatic heterocycles. The summed E-state index contributed by atoms with van der Waals surface area (Å²) in [7, 11) is 0. The molecule has 14 heavy (non-hydrogen) atoms. The number of rotatable bonds is 2. The van der Waals surface area contributed by atoms with Crippen LogP contribution in [0.5, 0.6) is 0 Å². The van der Waals surface area contributed by atoms with Crippen LogP contribution in [0.4, 0.5) is 0 Å². The molecule has 3 nitrogen and oxygen atoms in total. The van der Waals surface area contributed by atoms with Crippen molar-refractivity contribution >= 4 is 5.97 Å². The molecule has 0 aliphatic rings. The predicted octanol–water partition coefficient (Wildman–Crippen LogP) is -0.489. The molecule has 0 heterocycles. The maximum absolute atomic E-state index is 9.92. The molecule has 1 N–H and O–H groups in total. The fourth-order valence-electron chi connectivity index (χ4n) is 0.278. The first-order valence-corrected chi connectivity index (χ1v) is 4.27. The third-order valence-corrected chi connectivity index (χ3v) is 0.629. The molecule has 0 aliphatic carbocycles. The van der Waals surface area contributed by atoms with E-state index >= 15 is 0 Å². The summed E-state index contributed by atoms with van der Waals surface area (Å²) in [4.78, 5) is 9.92. The number of hydrogen-bond acceptors (Lipinski definition) is 2. The standard InChI is InChI=1S/C6H12O3.C4H9.Li/c1-6(2,3)9-4-5(7)8;1-4(2)3;/h4H2,1-3H3,(H,7,8);1-3H3;/q;-1;+1. The summed E-state index contributed by atoms with van der Waals surface area (Å²) in [6.45, 7) is 11.5. The summed E-state index contributed by atoms with van der Waals surface area (Å²) < 4.78 is 4.89. The topological polar surface area (TPSA) is 46.5 Å². The Bertz CT molecular complexity index is 136. The third-order valence-electron chi connectivity index (χ3n) is 0.629. The van der Waals surface area contributed by atoms with Crippen LogP contribution in [0.15, 0.2) is 0 Å². The van der Waals surface area contributed by atoms with Gasteiger partial charge in [-0.05, 0) is 20.8 Å². The van der Waals surface area contributed by atoms with Gasteiger partial charge in [-0.15, -0.1) is 0 Å². The second-order valence-electron chi connectivity index (χ2n) is 4.29. The zero-order valence-electron chi connectivity index (χ0n) is 10.5. The fourth-order valence-corrected chi connectivity index (χ4v) is 0.278. The van der Waals surface area contributed by atoms with Crippen molar-refractivity contribution in [2.75, 3.05) is 6.61 Å². The molecular weight excluding hydrogens is 175 g/mol. The van der Waals surface area contributed by atoms with Gasteiger partial charge in [-0.3, -0.25) is 0 Å². The van der Waals surface area contributed by atoms with E-state index in [-0.39, 0.29) is 31.1 Å². The van der Waals surface area contributed by atoms with E-state index in [0.717, 1.165) is 0 Å². The summed E-state index contributed by atoms with van der Waals surface area (Å²) in [5.74, 6) is 0.491. The molecule has 0 aromatic rings. The summed E-state index contributed by atoms with van der Waals surface area (Å²) >= 11 is 0. The minimum Gasteiger partial charge on any atom is -0.480 e. The monoisotopic (exact) mass is 196 g/mol. The molecule has 0 radical (unpaired) electrons. The summed E-state index contributed by atoms with van der Waals surface area (Å²) in [5, 5.41) is 8.15. The smallest absolute Gasteiger partial charge is 0.480 e. The van der Waals surface area contributed by atoms with Gasteiger partial charge in [-0.25, -0.2) is 4.79 Å². The van der Waals surface area contributed by atoms with E-state index in [1.807, 2.05) is 20.8 Å². The second kappa shape index (κ2) is 9.58. The van der Waals surface area contributed by atoms with Crippen molar-refractivity contribution in [3.05, 3.63) is 5.92 Å². The molecule has 0 aromatic carbocycles. The van der Waals surface area contributed by atoms with Crippen molar-refractivity contribution in [2.45, 2.75) is 47.1 Å². The molecule has 0 saturated carbocycles. The van der Waals surface area contributed by atoms with Gasteiger partial charge >= 0.3 is 24.8 Å². The Kier molecular flexibility index (Phi) is 13.4. The van der Waals surface area contributed by atoms with Crippen LogP contribution in [0, 0.1) is 5.92 Å². The Morgan fingerprint density at radius 3 is 1.64 bits per heavy atom. The zero-order chi connectivity index (χ0) is 11.1. The van der Waals surface area contributed by atoms with Crippen molar-refractivity contribution in [1.29, 1.82) is 0 Å². The fraction of sp³-hybridized carbons (Fsp3) is 0.800. The Morgan fingerprint density at radius 2 is 1.57 bits per heavy atom. The predicted molar refractivity (Wildman–Crippen MR) is 53.6 cm³/mol. The number of carboxylic acid groups (broad SMARTS) is 1. The quantitative estimate of drug-likeness (QED) is 0.479. The van der Waals surface area contributed by atoms with Crippen LogP contribution in [-0.2, 0) is 9.53 Å². The van der Waals surface area contributed by atoms with E-state index in [9.17, 15) is 4.79 Å². The van der Waals surface area contributed by atoms with Gasteiger partial charge in [-0.1, -0.05) is 0 Å². The van der Waals surface area contributed by atoms with Crippen LogP contribution in [0.1, 0.15) is 41.5 Å². The first-order valence-electron chi connectivity index (χ1n) is 4.27. The third kappa shape index (κ3) is 40.3. The van der Waals surface area contributed by atoms with E-state index in [0.29, 0.717) is 0 Å². The van der Waals surface area contributed by atoms with Gasteiger partial charge in [0.1, 0.15) is 6.61 Å². The Morgan fingerprint density at radius 1 is 1.29 bits per heavy atom. The van der Waals surface area contributed by atoms with Crippen molar-refractivity contribution in [1.82, 2.24) is 0 Å². The van der Waals surface area contributed by atoms with E-state index in [1.165, 1.54) is 5.92 Å². The normalized spacial score (nSPS) is 9.93. The Labute approximate surface area is 99.4 Å².